The van der Waals surface area contributed by atoms with Crippen molar-refractivity contribution in [3.8, 4) is 5.75 Å². The van der Waals surface area contributed by atoms with Crippen molar-refractivity contribution >= 4 is 72.2 Å². The first-order valence-corrected chi connectivity index (χ1v) is 12.8. The summed E-state index contributed by atoms with van der Waals surface area (Å²) in [4.78, 5) is 17.9. The van der Waals surface area contributed by atoms with Crippen molar-refractivity contribution in [2.24, 2.45) is 5.10 Å². The summed E-state index contributed by atoms with van der Waals surface area (Å²) in [6.07, 6.45) is 3.07. The van der Waals surface area contributed by atoms with Crippen molar-refractivity contribution in [3.63, 3.8) is 0 Å². The first-order valence-electron chi connectivity index (χ1n) is 10.5. The highest BCUT2D eigenvalue weighted by Gasteiger charge is 2.11. The lowest BCUT2D eigenvalue weighted by Crippen LogP contribution is -2.22. The van der Waals surface area contributed by atoms with Crippen LogP contribution in [0, 0.1) is 0 Å². The van der Waals surface area contributed by atoms with Crippen LogP contribution in [0.4, 0.5) is 0 Å². The Labute approximate surface area is 223 Å². The molecule has 0 spiro atoms. The van der Waals surface area contributed by atoms with Gasteiger partial charge in [-0.2, -0.15) is 9.78 Å². The van der Waals surface area contributed by atoms with Crippen molar-refractivity contribution in [3.05, 3.63) is 101 Å². The number of fused-ring (bicyclic) bond motifs is 1. The Morgan fingerprint density at radius 1 is 1.03 bits per heavy atom. The van der Waals surface area contributed by atoms with Crippen LogP contribution in [0.3, 0.4) is 0 Å². The van der Waals surface area contributed by atoms with E-state index in [0.29, 0.717) is 51.1 Å². The zero-order chi connectivity index (χ0) is 24.2. The summed E-state index contributed by atoms with van der Waals surface area (Å²) >= 11 is 19.0. The summed E-state index contributed by atoms with van der Waals surface area (Å²) in [6.45, 7) is 2.33. The molecule has 0 amide bonds. The number of ether oxygens (including phenoxy) is 1. The summed E-state index contributed by atoms with van der Waals surface area (Å²) in [7, 11) is 0. The number of aryl methyl sites for hydroxylation is 1. The molecule has 1 heterocycles. The lowest BCUT2D eigenvalue weighted by molar-refractivity contribution is 0.305. The Kier molecular flexibility index (Phi) is 8.09. The van der Waals surface area contributed by atoms with Gasteiger partial charge >= 0.3 is 0 Å². The zero-order valence-electron chi connectivity index (χ0n) is 18.1. The molecule has 9 heteroatoms. The number of hydrogen-bond donors (Lipinski definition) is 0. The molecule has 0 atom stereocenters. The molecule has 0 bridgehead atoms. The summed E-state index contributed by atoms with van der Waals surface area (Å²) in [5, 5.41) is 5.98. The molecule has 4 aromatic rings. The van der Waals surface area contributed by atoms with E-state index in [1.165, 1.54) is 4.68 Å². The predicted molar refractivity (Wildman–Crippen MR) is 146 cm³/mol. The maximum absolute atomic E-state index is 13.2. The first kappa shape index (κ1) is 24.9. The van der Waals surface area contributed by atoms with Gasteiger partial charge in [-0.15, -0.1) is 0 Å². The van der Waals surface area contributed by atoms with Gasteiger partial charge in [-0.3, -0.25) is 4.79 Å². The Morgan fingerprint density at radius 2 is 1.79 bits per heavy atom. The van der Waals surface area contributed by atoms with Crippen molar-refractivity contribution in [1.82, 2.24) is 9.66 Å². The molecule has 34 heavy (non-hydrogen) atoms. The molecule has 0 unspecified atom stereocenters. The lowest BCUT2D eigenvalue weighted by atomic mass is 10.2. The number of benzene rings is 3. The predicted octanol–water partition coefficient (Wildman–Crippen LogP) is 7.64. The van der Waals surface area contributed by atoms with Crippen LogP contribution in [0.1, 0.15) is 30.3 Å². The molecule has 5 nitrogen and oxygen atoms in total. The van der Waals surface area contributed by atoms with Crippen molar-refractivity contribution in [1.29, 1.82) is 0 Å². The maximum atomic E-state index is 13.2. The molecular formula is C25H19Br2Cl2N3O2. The first-order chi connectivity index (χ1) is 16.4. The smallest absolute Gasteiger partial charge is 0.282 e. The van der Waals surface area contributed by atoms with Crippen LogP contribution in [0.5, 0.6) is 5.75 Å². The molecule has 1 aromatic heterocycles. The minimum absolute atomic E-state index is 0.223. The van der Waals surface area contributed by atoms with E-state index >= 15 is 0 Å². The molecular weight excluding hydrogens is 605 g/mol. The third-order valence-electron chi connectivity index (χ3n) is 5.01. The highest BCUT2D eigenvalue weighted by Crippen LogP contribution is 2.26. The average molecular weight is 624 g/mol. The molecule has 3 aromatic carbocycles. The van der Waals surface area contributed by atoms with Gasteiger partial charge in [-0.05, 0) is 60.5 Å². The number of nitrogens with zero attached hydrogens (tertiary/aromatic N) is 3. The highest BCUT2D eigenvalue weighted by atomic mass is 79.9. The molecule has 0 aliphatic rings. The minimum atomic E-state index is -0.223. The summed E-state index contributed by atoms with van der Waals surface area (Å²) < 4.78 is 9.06. The highest BCUT2D eigenvalue weighted by molar-refractivity contribution is 9.10. The molecule has 0 N–H and O–H groups in total. The van der Waals surface area contributed by atoms with E-state index in [9.17, 15) is 4.79 Å². The Morgan fingerprint density at radius 3 is 2.56 bits per heavy atom. The third-order valence-corrected chi connectivity index (χ3v) is 6.74. The van der Waals surface area contributed by atoms with Gasteiger partial charge < -0.3 is 4.74 Å². The number of rotatable bonds is 7. The quantitative estimate of drug-likeness (QED) is 0.199. The van der Waals surface area contributed by atoms with E-state index in [-0.39, 0.29) is 5.56 Å². The van der Waals surface area contributed by atoms with Gasteiger partial charge in [-0.25, -0.2) is 4.98 Å². The normalized spacial score (nSPS) is 11.4. The topological polar surface area (TPSA) is 56.5 Å². The second kappa shape index (κ2) is 11.0. The minimum Gasteiger partial charge on any atom is -0.488 e. The van der Waals surface area contributed by atoms with Gasteiger partial charge in [0.05, 0.1) is 27.2 Å². The average Bonchev–Trinajstić information content (AvgIpc) is 2.81. The fourth-order valence-electron chi connectivity index (χ4n) is 3.36. The van der Waals surface area contributed by atoms with Gasteiger partial charge in [0.25, 0.3) is 5.56 Å². The van der Waals surface area contributed by atoms with E-state index in [2.05, 4.69) is 41.9 Å². The summed E-state index contributed by atoms with van der Waals surface area (Å²) in [6, 6.07) is 16.4. The summed E-state index contributed by atoms with van der Waals surface area (Å²) in [5.74, 6) is 1.21. The molecule has 174 valence electrons. The van der Waals surface area contributed by atoms with Crippen LogP contribution in [0.15, 0.2) is 73.4 Å². The van der Waals surface area contributed by atoms with E-state index in [4.69, 9.17) is 27.9 Å². The number of aromatic nitrogens is 2. The fourth-order valence-corrected chi connectivity index (χ4v) is 4.42. The second-order valence-corrected chi connectivity index (χ2v) is 10.2. The molecule has 0 saturated carbocycles. The zero-order valence-corrected chi connectivity index (χ0v) is 22.7. The maximum Gasteiger partial charge on any atom is 0.282 e. The van der Waals surface area contributed by atoms with Crippen LogP contribution in [0.2, 0.25) is 10.0 Å². The monoisotopic (exact) mass is 621 g/mol. The van der Waals surface area contributed by atoms with Gasteiger partial charge in [0.2, 0.25) is 0 Å². The number of halogens is 4. The molecule has 4 rings (SSSR count). The molecule has 0 radical (unpaired) electrons. The van der Waals surface area contributed by atoms with E-state index in [1.807, 2.05) is 43.3 Å². The van der Waals surface area contributed by atoms with Gasteiger partial charge in [0, 0.05) is 20.9 Å². The van der Waals surface area contributed by atoms with Crippen molar-refractivity contribution in [2.45, 2.75) is 26.4 Å². The molecule has 0 saturated heterocycles. The van der Waals surface area contributed by atoms with Gasteiger partial charge in [0.15, 0.2) is 0 Å². The van der Waals surface area contributed by atoms with Gasteiger partial charge in [-0.1, -0.05) is 68.1 Å². The Bertz CT molecular complexity index is 1450. The Hall–Kier alpha value is -2.19. The largest absolute Gasteiger partial charge is 0.488 e. The second-order valence-electron chi connectivity index (χ2n) is 7.52. The fraction of sp³-hybridized carbons (Fsp3) is 0.160. The van der Waals surface area contributed by atoms with Crippen LogP contribution in [-0.4, -0.2) is 15.9 Å². The SMILES string of the molecule is CCCc1nc2ccc(Br)cc2c(=O)n1N=Cc1cc(Br)ccc1OCc1ccc(Cl)c(Cl)c1. The Balaban J connectivity index is 1.70. The molecule has 0 aliphatic carbocycles. The van der Waals surface area contributed by atoms with Crippen molar-refractivity contribution < 1.29 is 4.74 Å². The van der Waals surface area contributed by atoms with Crippen LogP contribution < -0.4 is 10.3 Å². The van der Waals surface area contributed by atoms with Crippen molar-refractivity contribution in [2.75, 3.05) is 0 Å². The van der Waals surface area contributed by atoms with E-state index in [0.717, 1.165) is 20.9 Å². The van der Waals surface area contributed by atoms with Crippen LogP contribution in [-0.2, 0) is 13.0 Å². The molecule has 0 aliphatic heterocycles. The summed E-state index contributed by atoms with van der Waals surface area (Å²) in [5.41, 5.74) is 2.01. The van der Waals surface area contributed by atoms with E-state index < -0.39 is 0 Å². The van der Waals surface area contributed by atoms with Crippen LogP contribution in [0.25, 0.3) is 10.9 Å². The third kappa shape index (κ3) is 5.71. The van der Waals surface area contributed by atoms with E-state index in [1.54, 1.807) is 24.4 Å². The standard InChI is InChI=1S/C25H19Br2Cl2N3O2/c1-2-3-24-31-22-8-5-18(27)12-19(22)25(33)32(24)30-13-16-11-17(26)6-9-23(16)34-14-15-4-7-20(28)21(29)10-15/h4-13H,2-3,14H2,1H3. The van der Waals surface area contributed by atoms with Gasteiger partial charge in [0.1, 0.15) is 18.2 Å². The lowest BCUT2D eigenvalue weighted by Gasteiger charge is -2.11. The van der Waals surface area contributed by atoms with Crippen LogP contribution >= 0.6 is 55.1 Å². The number of hydrogen-bond acceptors (Lipinski definition) is 4. The molecule has 0 fully saturated rings.